The first-order chi connectivity index (χ1) is 12.5. The molecule has 0 bridgehead atoms. The molecule has 1 saturated heterocycles. The number of anilines is 1. The van der Waals surface area contributed by atoms with Gasteiger partial charge in [0.1, 0.15) is 0 Å². The maximum Gasteiger partial charge on any atom is 0.338 e. The van der Waals surface area contributed by atoms with Crippen molar-refractivity contribution >= 4 is 17.6 Å². The van der Waals surface area contributed by atoms with E-state index in [2.05, 4.69) is 5.32 Å². The number of hydrogen-bond donors (Lipinski definition) is 1. The second-order valence-corrected chi connectivity index (χ2v) is 6.93. The van der Waals surface area contributed by atoms with Crippen molar-refractivity contribution in [1.82, 2.24) is 0 Å². The number of esters is 1. The summed E-state index contributed by atoms with van der Waals surface area (Å²) in [6.07, 6.45) is 1.42. The van der Waals surface area contributed by atoms with E-state index in [1.54, 1.807) is 0 Å². The monoisotopic (exact) mass is 351 g/mol. The van der Waals surface area contributed by atoms with Gasteiger partial charge >= 0.3 is 5.97 Å². The van der Waals surface area contributed by atoms with Gasteiger partial charge in [-0.3, -0.25) is 4.79 Å². The summed E-state index contributed by atoms with van der Waals surface area (Å²) in [6.45, 7) is 3.10. The molecule has 0 unspecified atom stereocenters. The fourth-order valence-electron chi connectivity index (χ4n) is 3.96. The van der Waals surface area contributed by atoms with E-state index in [1.165, 1.54) is 7.11 Å². The van der Waals surface area contributed by atoms with Crippen LogP contribution >= 0.6 is 0 Å². The number of carbonyl (C=O) groups is 2. The minimum Gasteiger partial charge on any atom is -0.465 e. The number of rotatable bonds is 2. The van der Waals surface area contributed by atoms with Crippen molar-refractivity contribution in [2.75, 3.05) is 25.6 Å². The second-order valence-electron chi connectivity index (χ2n) is 6.93. The smallest absolute Gasteiger partial charge is 0.338 e. The van der Waals surface area contributed by atoms with Crippen molar-refractivity contribution in [1.29, 1.82) is 0 Å². The number of hydrogen-bond acceptors (Lipinski definition) is 4. The van der Waals surface area contributed by atoms with Gasteiger partial charge in [-0.2, -0.15) is 0 Å². The summed E-state index contributed by atoms with van der Waals surface area (Å²) in [7, 11) is 1.38. The number of amides is 1. The van der Waals surface area contributed by atoms with Crippen LogP contribution in [0.4, 0.5) is 5.69 Å². The van der Waals surface area contributed by atoms with Gasteiger partial charge in [0.25, 0.3) is 0 Å². The predicted molar refractivity (Wildman–Crippen MR) is 98.3 cm³/mol. The van der Waals surface area contributed by atoms with E-state index in [-0.39, 0.29) is 11.9 Å². The fourth-order valence-corrected chi connectivity index (χ4v) is 3.96. The lowest BCUT2D eigenvalue weighted by Gasteiger charge is -2.31. The summed E-state index contributed by atoms with van der Waals surface area (Å²) in [5, 5.41) is 3.04. The molecule has 0 aromatic heterocycles. The molecule has 1 spiro atoms. The Morgan fingerprint density at radius 2 is 1.81 bits per heavy atom. The van der Waals surface area contributed by atoms with E-state index in [0.29, 0.717) is 31.6 Å². The quantitative estimate of drug-likeness (QED) is 0.842. The van der Waals surface area contributed by atoms with Crippen molar-refractivity contribution in [3.8, 4) is 11.1 Å². The van der Waals surface area contributed by atoms with Crippen molar-refractivity contribution in [2.45, 2.75) is 25.2 Å². The van der Waals surface area contributed by atoms with Gasteiger partial charge in [0.2, 0.25) is 5.91 Å². The maximum absolute atomic E-state index is 12.7. The van der Waals surface area contributed by atoms with Crippen LogP contribution < -0.4 is 5.32 Å². The zero-order valence-corrected chi connectivity index (χ0v) is 14.9. The molecule has 2 aliphatic heterocycles. The van der Waals surface area contributed by atoms with Crippen LogP contribution in [-0.2, 0) is 19.7 Å². The first kappa shape index (κ1) is 16.8. The zero-order chi connectivity index (χ0) is 18.3. The molecule has 0 atom stereocenters. The predicted octanol–water partition coefficient (Wildman–Crippen LogP) is 3.45. The first-order valence-electron chi connectivity index (χ1n) is 8.78. The molecule has 2 aromatic carbocycles. The van der Waals surface area contributed by atoms with Crippen LogP contribution in [0.5, 0.6) is 0 Å². The molecular weight excluding hydrogens is 330 g/mol. The molecule has 4 rings (SSSR count). The van der Waals surface area contributed by atoms with Gasteiger partial charge in [-0.05, 0) is 54.2 Å². The van der Waals surface area contributed by atoms with Gasteiger partial charge in [0, 0.05) is 18.9 Å². The Morgan fingerprint density at radius 1 is 1.12 bits per heavy atom. The third kappa shape index (κ3) is 2.51. The van der Waals surface area contributed by atoms with E-state index < -0.39 is 5.41 Å². The Labute approximate surface area is 152 Å². The van der Waals surface area contributed by atoms with Crippen LogP contribution in [0.2, 0.25) is 0 Å². The van der Waals surface area contributed by atoms with Crippen LogP contribution in [0.1, 0.15) is 34.3 Å². The summed E-state index contributed by atoms with van der Waals surface area (Å²) < 4.78 is 10.3. The average Bonchev–Trinajstić information content (AvgIpc) is 2.93. The third-order valence-electron chi connectivity index (χ3n) is 5.54. The number of carbonyl (C=O) groups excluding carboxylic acids is 2. The van der Waals surface area contributed by atoms with Gasteiger partial charge in [-0.25, -0.2) is 4.79 Å². The number of aryl methyl sites for hydroxylation is 1. The molecule has 134 valence electrons. The minimum absolute atomic E-state index is 0.0621. The summed E-state index contributed by atoms with van der Waals surface area (Å²) >= 11 is 0. The molecule has 26 heavy (non-hydrogen) atoms. The minimum atomic E-state index is -0.462. The lowest BCUT2D eigenvalue weighted by atomic mass is 9.75. The summed E-state index contributed by atoms with van der Waals surface area (Å²) in [5.74, 6) is -0.285. The molecule has 2 aromatic rings. The van der Waals surface area contributed by atoms with Gasteiger partial charge in [-0.1, -0.05) is 24.3 Å². The summed E-state index contributed by atoms with van der Waals surface area (Å²) in [6, 6.07) is 11.8. The highest BCUT2D eigenvalue weighted by molar-refractivity contribution is 6.07. The summed E-state index contributed by atoms with van der Waals surface area (Å²) in [4.78, 5) is 24.6. The molecule has 5 heteroatoms. The Balaban J connectivity index is 1.74. The highest BCUT2D eigenvalue weighted by atomic mass is 16.5. The SMILES string of the molecule is COC(=O)c1cc(-c2ccc3c(c2)NC(=O)C32CCOCC2)ccc1C. The molecule has 0 saturated carbocycles. The number of ether oxygens (including phenoxy) is 2. The fraction of sp³-hybridized carbons (Fsp3) is 0.333. The molecule has 1 fully saturated rings. The first-order valence-corrected chi connectivity index (χ1v) is 8.78. The van der Waals surface area contributed by atoms with Crippen molar-refractivity contribution < 1.29 is 19.1 Å². The molecule has 0 aliphatic carbocycles. The van der Waals surface area contributed by atoms with E-state index in [1.807, 2.05) is 43.3 Å². The topological polar surface area (TPSA) is 64.6 Å². The van der Waals surface area contributed by atoms with Gasteiger partial charge in [-0.15, -0.1) is 0 Å². The number of fused-ring (bicyclic) bond motifs is 2. The van der Waals surface area contributed by atoms with Crippen LogP contribution in [0.3, 0.4) is 0 Å². The van der Waals surface area contributed by atoms with Gasteiger partial charge < -0.3 is 14.8 Å². The molecule has 2 heterocycles. The van der Waals surface area contributed by atoms with E-state index in [4.69, 9.17) is 9.47 Å². The zero-order valence-electron chi connectivity index (χ0n) is 14.9. The Morgan fingerprint density at radius 3 is 2.54 bits per heavy atom. The number of methoxy groups -OCH3 is 1. The molecular formula is C21H21NO4. The van der Waals surface area contributed by atoms with Crippen LogP contribution in [0, 0.1) is 6.92 Å². The Hall–Kier alpha value is -2.66. The second kappa shape index (κ2) is 6.25. The van der Waals surface area contributed by atoms with Gasteiger partial charge in [0.05, 0.1) is 18.1 Å². The summed E-state index contributed by atoms with van der Waals surface area (Å²) in [5.41, 5.74) is 4.74. The molecule has 1 amide bonds. The number of nitrogens with one attached hydrogen (secondary N) is 1. The average molecular weight is 351 g/mol. The third-order valence-corrected chi connectivity index (χ3v) is 5.54. The van der Waals surface area contributed by atoms with Crippen molar-refractivity contribution in [2.24, 2.45) is 0 Å². The van der Waals surface area contributed by atoms with Crippen LogP contribution in [-0.4, -0.2) is 32.2 Å². The standard InChI is InChI=1S/C21H21NO4/c1-13-3-4-14(11-16(13)19(23)25-2)15-5-6-17-18(12-15)22-20(24)21(17)7-9-26-10-8-21/h3-6,11-12H,7-10H2,1-2H3,(H,22,24). The lowest BCUT2D eigenvalue weighted by molar-refractivity contribution is -0.124. The Kier molecular flexibility index (Phi) is 4.04. The molecule has 1 N–H and O–H groups in total. The van der Waals surface area contributed by atoms with Crippen LogP contribution in [0.25, 0.3) is 11.1 Å². The lowest BCUT2D eigenvalue weighted by Crippen LogP contribution is -2.39. The highest BCUT2D eigenvalue weighted by Gasteiger charge is 2.47. The van der Waals surface area contributed by atoms with Crippen molar-refractivity contribution in [3.05, 3.63) is 53.1 Å². The maximum atomic E-state index is 12.7. The largest absolute Gasteiger partial charge is 0.465 e. The molecule has 2 aliphatic rings. The van der Waals surface area contributed by atoms with E-state index in [0.717, 1.165) is 27.9 Å². The highest BCUT2D eigenvalue weighted by Crippen LogP contribution is 2.45. The van der Waals surface area contributed by atoms with E-state index in [9.17, 15) is 9.59 Å². The number of benzene rings is 2. The van der Waals surface area contributed by atoms with Gasteiger partial charge in [0.15, 0.2) is 0 Å². The normalized spacial score (nSPS) is 17.7. The molecule has 0 radical (unpaired) electrons. The Bertz CT molecular complexity index is 897. The van der Waals surface area contributed by atoms with E-state index >= 15 is 0 Å². The van der Waals surface area contributed by atoms with Crippen LogP contribution in [0.15, 0.2) is 36.4 Å². The molecule has 5 nitrogen and oxygen atoms in total. The van der Waals surface area contributed by atoms with Crippen molar-refractivity contribution in [3.63, 3.8) is 0 Å².